The molecule has 5 nitrogen and oxygen atoms in total. The second-order valence-corrected chi connectivity index (χ2v) is 8.09. The molecule has 1 aliphatic rings. The van der Waals surface area contributed by atoms with E-state index in [0.717, 1.165) is 9.94 Å². The zero-order chi connectivity index (χ0) is 18.3. The first-order chi connectivity index (χ1) is 12.5. The third kappa shape index (κ3) is 3.15. The van der Waals surface area contributed by atoms with Crippen LogP contribution in [0.15, 0.2) is 54.9 Å². The fraction of sp³-hybridized carbons (Fsp3) is 0.167. The molecule has 0 fully saturated rings. The minimum Gasteiger partial charge on any atom is -0.307 e. The number of benzene rings is 1. The molecule has 132 valence electrons. The van der Waals surface area contributed by atoms with E-state index in [4.69, 9.17) is 23.2 Å². The van der Waals surface area contributed by atoms with Gasteiger partial charge in [0.05, 0.1) is 6.42 Å². The standard InChI is InChI=1S/C18H14Cl2N3O2S/c19-12-5-3-4-11(8-12)16-17(24)14-6-1-2-7-22(14)15(23(16)25)9-13-10-21-18(20)26-13/h1-8,10,15-16,25H,9H2/q+1. The molecule has 1 aromatic carbocycles. The summed E-state index contributed by atoms with van der Waals surface area (Å²) in [5.74, 6) is -0.186. The number of rotatable bonds is 3. The van der Waals surface area contributed by atoms with E-state index in [1.54, 1.807) is 47.3 Å². The number of thiazole rings is 1. The van der Waals surface area contributed by atoms with Crippen molar-refractivity contribution in [1.82, 2.24) is 10.0 Å². The Hall–Kier alpha value is -1.83. The molecule has 0 bridgehead atoms. The van der Waals surface area contributed by atoms with Crippen LogP contribution >= 0.6 is 34.5 Å². The van der Waals surface area contributed by atoms with Gasteiger partial charge in [-0.1, -0.05) is 35.3 Å². The van der Waals surface area contributed by atoms with E-state index < -0.39 is 12.2 Å². The number of pyridine rings is 1. The maximum atomic E-state index is 13.0. The van der Waals surface area contributed by atoms with Crippen LogP contribution in [0.5, 0.6) is 0 Å². The zero-order valence-corrected chi connectivity index (χ0v) is 15.7. The molecule has 2 aromatic heterocycles. The summed E-state index contributed by atoms with van der Waals surface area (Å²) in [5, 5.41) is 12.6. The number of halogens is 2. The average Bonchev–Trinajstić information content (AvgIpc) is 3.04. The third-order valence-electron chi connectivity index (χ3n) is 4.36. The van der Waals surface area contributed by atoms with Crippen LogP contribution in [0, 0.1) is 0 Å². The number of Topliss-reactive ketones (excluding diaryl/α,β-unsaturated/α-hetero) is 1. The van der Waals surface area contributed by atoms with Gasteiger partial charge in [-0.25, -0.2) is 4.98 Å². The molecule has 8 heteroatoms. The highest BCUT2D eigenvalue weighted by molar-refractivity contribution is 7.15. The Morgan fingerprint density at radius 1 is 1.23 bits per heavy atom. The highest BCUT2D eigenvalue weighted by Crippen LogP contribution is 2.34. The van der Waals surface area contributed by atoms with Crippen LogP contribution in [0.4, 0.5) is 0 Å². The summed E-state index contributed by atoms with van der Waals surface area (Å²) in [6, 6.07) is 11.6. The zero-order valence-electron chi connectivity index (χ0n) is 13.4. The molecule has 0 spiro atoms. The van der Waals surface area contributed by atoms with Crippen LogP contribution in [0.3, 0.4) is 0 Å². The molecule has 0 aliphatic carbocycles. The van der Waals surface area contributed by atoms with Gasteiger partial charge < -0.3 is 5.21 Å². The normalized spacial score (nSPS) is 20.2. The van der Waals surface area contributed by atoms with Gasteiger partial charge in [-0.2, -0.15) is 4.57 Å². The first-order valence-corrected chi connectivity index (χ1v) is 9.49. The lowest BCUT2D eigenvalue weighted by Crippen LogP contribution is -2.59. The van der Waals surface area contributed by atoms with Crippen LogP contribution in [-0.4, -0.2) is 21.0 Å². The molecule has 0 saturated carbocycles. The summed E-state index contributed by atoms with van der Waals surface area (Å²) >= 11 is 13.4. The number of carbonyl (C=O) groups is 1. The third-order valence-corrected chi connectivity index (χ3v) is 5.73. The Labute approximate surface area is 164 Å². The van der Waals surface area contributed by atoms with Crippen molar-refractivity contribution in [3.8, 4) is 0 Å². The van der Waals surface area contributed by atoms with Crippen LogP contribution in [0.2, 0.25) is 9.49 Å². The van der Waals surface area contributed by atoms with Gasteiger partial charge in [0.15, 0.2) is 10.7 Å². The highest BCUT2D eigenvalue weighted by Gasteiger charge is 2.46. The molecule has 2 unspecified atom stereocenters. The number of hydrogen-bond donors (Lipinski definition) is 1. The van der Waals surface area contributed by atoms with Gasteiger partial charge in [-0.05, 0) is 23.8 Å². The Morgan fingerprint density at radius 3 is 2.81 bits per heavy atom. The molecule has 4 rings (SSSR count). The number of nitrogens with zero attached hydrogens (tertiary/aromatic N) is 3. The topological polar surface area (TPSA) is 57.3 Å². The van der Waals surface area contributed by atoms with E-state index in [9.17, 15) is 10.0 Å². The maximum absolute atomic E-state index is 13.0. The molecule has 0 saturated heterocycles. The lowest BCUT2D eigenvalue weighted by Gasteiger charge is -2.32. The Kier molecular flexibility index (Phi) is 4.77. The molecule has 1 aliphatic heterocycles. The summed E-state index contributed by atoms with van der Waals surface area (Å²) in [4.78, 5) is 18.0. The van der Waals surface area contributed by atoms with Gasteiger partial charge in [0.1, 0.15) is 6.04 Å². The van der Waals surface area contributed by atoms with Crippen molar-refractivity contribution >= 4 is 40.3 Å². The number of hydroxylamine groups is 2. The van der Waals surface area contributed by atoms with Gasteiger partial charge >= 0.3 is 0 Å². The van der Waals surface area contributed by atoms with E-state index >= 15 is 0 Å². The van der Waals surface area contributed by atoms with Gasteiger partial charge in [-0.15, -0.1) is 16.4 Å². The number of fused-ring (bicyclic) bond motifs is 1. The van der Waals surface area contributed by atoms with E-state index in [0.29, 0.717) is 27.2 Å². The molecule has 2 atom stereocenters. The second kappa shape index (κ2) is 7.06. The summed E-state index contributed by atoms with van der Waals surface area (Å²) in [7, 11) is 0. The number of aromatic nitrogens is 2. The Bertz CT molecular complexity index is 978. The molecule has 0 radical (unpaired) electrons. The lowest BCUT2D eigenvalue weighted by molar-refractivity contribution is -0.764. The lowest BCUT2D eigenvalue weighted by atomic mass is 9.96. The summed E-state index contributed by atoms with van der Waals surface area (Å²) in [6.07, 6.45) is 3.48. The molecular weight excluding hydrogens is 393 g/mol. The van der Waals surface area contributed by atoms with Crippen molar-refractivity contribution in [2.24, 2.45) is 0 Å². The van der Waals surface area contributed by atoms with Crippen molar-refractivity contribution in [2.45, 2.75) is 18.6 Å². The van der Waals surface area contributed by atoms with Gasteiger partial charge in [-0.3, -0.25) is 4.79 Å². The largest absolute Gasteiger partial charge is 0.307 e. The van der Waals surface area contributed by atoms with Crippen molar-refractivity contribution < 1.29 is 14.6 Å². The number of carbonyl (C=O) groups excluding carboxylic acids is 1. The fourth-order valence-electron chi connectivity index (χ4n) is 3.22. The highest BCUT2D eigenvalue weighted by atomic mass is 35.5. The predicted octanol–water partition coefficient (Wildman–Crippen LogP) is 4.11. The van der Waals surface area contributed by atoms with Gasteiger partial charge in [0.2, 0.25) is 6.17 Å². The molecule has 1 N–H and O–H groups in total. The average molecular weight is 407 g/mol. The van der Waals surface area contributed by atoms with Gasteiger partial charge in [0, 0.05) is 28.2 Å². The van der Waals surface area contributed by atoms with Crippen molar-refractivity contribution in [2.75, 3.05) is 0 Å². The number of ketones is 1. The van der Waals surface area contributed by atoms with Crippen molar-refractivity contribution in [3.05, 3.63) is 80.5 Å². The SMILES string of the molecule is O=C1c2cccc[n+]2C(Cc2cnc(Cl)s2)N(O)C1c1cccc(Cl)c1. The summed E-state index contributed by atoms with van der Waals surface area (Å²) in [6.45, 7) is 0. The Balaban J connectivity index is 1.80. The monoisotopic (exact) mass is 406 g/mol. The smallest absolute Gasteiger partial charge is 0.252 e. The molecule has 0 amide bonds. The minimum atomic E-state index is -0.829. The quantitative estimate of drug-likeness (QED) is 0.664. The van der Waals surface area contributed by atoms with Crippen molar-refractivity contribution in [3.63, 3.8) is 0 Å². The van der Waals surface area contributed by atoms with E-state index in [1.165, 1.54) is 11.3 Å². The van der Waals surface area contributed by atoms with Crippen molar-refractivity contribution in [1.29, 1.82) is 0 Å². The van der Waals surface area contributed by atoms with Crippen LogP contribution < -0.4 is 4.57 Å². The summed E-state index contributed by atoms with van der Waals surface area (Å²) in [5.41, 5.74) is 1.18. The Morgan fingerprint density at radius 2 is 2.08 bits per heavy atom. The second-order valence-electron chi connectivity index (χ2n) is 5.96. The van der Waals surface area contributed by atoms with Crippen LogP contribution in [-0.2, 0) is 6.42 Å². The van der Waals surface area contributed by atoms with E-state index in [2.05, 4.69) is 4.98 Å². The molecule has 26 heavy (non-hydrogen) atoms. The minimum absolute atomic E-state index is 0.186. The summed E-state index contributed by atoms with van der Waals surface area (Å²) < 4.78 is 2.22. The van der Waals surface area contributed by atoms with Gasteiger partial charge in [0.25, 0.3) is 11.5 Å². The fourth-order valence-corrected chi connectivity index (χ4v) is 4.42. The van der Waals surface area contributed by atoms with E-state index in [1.807, 2.05) is 12.1 Å². The maximum Gasteiger partial charge on any atom is 0.252 e. The van der Waals surface area contributed by atoms with Crippen LogP contribution in [0.1, 0.15) is 33.1 Å². The molecule has 3 heterocycles. The van der Waals surface area contributed by atoms with E-state index in [-0.39, 0.29) is 5.78 Å². The first kappa shape index (κ1) is 17.6. The first-order valence-electron chi connectivity index (χ1n) is 7.92. The molecular formula is C18H14Cl2N3O2S+. The predicted molar refractivity (Wildman–Crippen MR) is 98.7 cm³/mol. The van der Waals surface area contributed by atoms with Crippen LogP contribution in [0.25, 0.3) is 0 Å². The molecule has 3 aromatic rings. The number of hydrogen-bond acceptors (Lipinski definition) is 5.